The van der Waals surface area contributed by atoms with Crippen LogP contribution in [0.25, 0.3) is 0 Å². The fourth-order valence-electron chi connectivity index (χ4n) is 1.30. The molecule has 0 saturated carbocycles. The predicted molar refractivity (Wildman–Crippen MR) is 62.9 cm³/mol. The third kappa shape index (κ3) is 4.44. The smallest absolute Gasteiger partial charge is 0.441 e. The van der Waals surface area contributed by atoms with Crippen molar-refractivity contribution in [3.63, 3.8) is 0 Å². The highest BCUT2D eigenvalue weighted by Crippen LogP contribution is 2.29. The van der Waals surface area contributed by atoms with Crippen molar-refractivity contribution in [3.8, 4) is 0 Å². The molecule has 0 saturated heterocycles. The Morgan fingerprint density at radius 2 is 2.22 bits per heavy atom. The molecule has 8 heteroatoms. The van der Waals surface area contributed by atoms with E-state index in [2.05, 4.69) is 10.3 Å². The summed E-state index contributed by atoms with van der Waals surface area (Å²) in [6, 6.07) is 1.53. The Bertz CT molecular complexity index is 438. The Morgan fingerprint density at radius 1 is 1.56 bits per heavy atom. The predicted octanol–water partition coefficient (Wildman–Crippen LogP) is 2.75. The minimum absolute atomic E-state index is 0.0130. The Morgan fingerprint density at radius 3 is 2.78 bits per heavy atom. The van der Waals surface area contributed by atoms with Crippen LogP contribution in [-0.2, 0) is 0 Å². The van der Waals surface area contributed by atoms with Crippen LogP contribution < -0.4 is 5.32 Å². The minimum Gasteiger partial charge on any atom is -0.478 e. The largest absolute Gasteiger partial charge is 0.478 e. The van der Waals surface area contributed by atoms with Gasteiger partial charge >= 0.3 is 11.5 Å². The number of aryl methyl sites for hydroxylation is 1. The van der Waals surface area contributed by atoms with E-state index in [9.17, 15) is 18.0 Å². The molecule has 0 aliphatic heterocycles. The van der Waals surface area contributed by atoms with Gasteiger partial charge in [0.2, 0.25) is 0 Å². The van der Waals surface area contributed by atoms with Crippen LogP contribution in [-0.4, -0.2) is 33.9 Å². The molecule has 100 valence electrons. The van der Waals surface area contributed by atoms with E-state index in [1.807, 2.05) is 0 Å². The van der Waals surface area contributed by atoms with Gasteiger partial charge in [0, 0.05) is 18.5 Å². The van der Waals surface area contributed by atoms with Gasteiger partial charge in [-0.3, -0.25) is 0 Å². The second-order valence-electron chi connectivity index (χ2n) is 3.38. The lowest BCUT2D eigenvalue weighted by molar-refractivity contribution is -0.0327. The molecule has 1 rings (SSSR count). The van der Waals surface area contributed by atoms with Crippen molar-refractivity contribution < 1.29 is 23.1 Å². The van der Waals surface area contributed by atoms with Crippen LogP contribution in [0.3, 0.4) is 0 Å². The first-order valence-corrected chi connectivity index (χ1v) is 5.93. The number of nitrogens with one attached hydrogen (secondary N) is 1. The van der Waals surface area contributed by atoms with Crippen molar-refractivity contribution in [2.75, 3.05) is 17.6 Å². The second kappa shape index (κ2) is 5.94. The van der Waals surface area contributed by atoms with Crippen molar-refractivity contribution in [1.82, 2.24) is 4.98 Å². The first kappa shape index (κ1) is 14.6. The molecule has 1 aromatic heterocycles. The highest BCUT2D eigenvalue weighted by molar-refractivity contribution is 8.00. The van der Waals surface area contributed by atoms with Gasteiger partial charge in [-0.2, -0.15) is 13.2 Å². The quantitative estimate of drug-likeness (QED) is 0.812. The number of hydrogen-bond acceptors (Lipinski definition) is 4. The van der Waals surface area contributed by atoms with Gasteiger partial charge in [0.1, 0.15) is 11.4 Å². The molecule has 0 amide bonds. The molecule has 0 aliphatic carbocycles. The molecular weight excluding hydrogens is 269 g/mol. The first-order valence-electron chi connectivity index (χ1n) is 4.94. The summed E-state index contributed by atoms with van der Waals surface area (Å²) in [5.74, 6) is -1.28. The van der Waals surface area contributed by atoms with Crippen LogP contribution in [0.4, 0.5) is 19.0 Å². The van der Waals surface area contributed by atoms with E-state index in [4.69, 9.17) is 5.11 Å². The Labute approximate surface area is 106 Å². The van der Waals surface area contributed by atoms with E-state index < -0.39 is 11.5 Å². The third-order valence-corrected chi connectivity index (χ3v) is 2.77. The van der Waals surface area contributed by atoms with Crippen LogP contribution in [0.1, 0.15) is 15.9 Å². The molecule has 0 spiro atoms. The maximum absolute atomic E-state index is 11.9. The molecule has 0 aromatic carbocycles. The summed E-state index contributed by atoms with van der Waals surface area (Å²) in [7, 11) is 0. The number of aromatic nitrogens is 1. The lowest BCUT2D eigenvalue weighted by atomic mass is 10.1. The summed E-state index contributed by atoms with van der Waals surface area (Å²) in [5, 5.41) is 11.6. The monoisotopic (exact) mass is 280 g/mol. The molecule has 0 aliphatic rings. The first-order chi connectivity index (χ1) is 8.31. The van der Waals surface area contributed by atoms with Crippen LogP contribution in [0, 0.1) is 6.92 Å². The number of anilines is 1. The molecule has 0 radical (unpaired) electrons. The van der Waals surface area contributed by atoms with Gasteiger partial charge in [-0.1, -0.05) is 0 Å². The van der Waals surface area contributed by atoms with Gasteiger partial charge in [0.15, 0.2) is 0 Å². The SMILES string of the molecule is Cc1ccnc(NCCSC(F)(F)F)c1C(=O)O. The zero-order valence-electron chi connectivity index (χ0n) is 9.41. The van der Waals surface area contributed by atoms with Crippen molar-refractivity contribution >= 4 is 23.5 Å². The number of carboxylic acid groups (broad SMARTS) is 1. The standard InChI is InChI=1S/C10H11F3N2O2S/c1-6-2-3-14-8(7(6)9(16)17)15-4-5-18-10(11,12)13/h2-3H,4-5H2,1H3,(H,14,15)(H,16,17). The Kier molecular flexibility index (Phi) is 4.83. The lowest BCUT2D eigenvalue weighted by Crippen LogP contribution is -2.14. The average molecular weight is 280 g/mol. The zero-order valence-corrected chi connectivity index (χ0v) is 10.2. The number of rotatable bonds is 5. The van der Waals surface area contributed by atoms with Crippen molar-refractivity contribution in [3.05, 3.63) is 23.4 Å². The van der Waals surface area contributed by atoms with Crippen molar-refractivity contribution in [2.24, 2.45) is 0 Å². The average Bonchev–Trinajstić information content (AvgIpc) is 2.22. The summed E-state index contributed by atoms with van der Waals surface area (Å²) in [6.45, 7) is 1.59. The minimum atomic E-state index is -4.28. The fraction of sp³-hybridized carbons (Fsp3) is 0.400. The highest BCUT2D eigenvalue weighted by atomic mass is 32.2. The van der Waals surface area contributed by atoms with Crippen LogP contribution >= 0.6 is 11.8 Å². The van der Waals surface area contributed by atoms with E-state index in [1.165, 1.54) is 12.3 Å². The molecule has 2 N–H and O–H groups in total. The zero-order chi connectivity index (χ0) is 13.8. The molecule has 18 heavy (non-hydrogen) atoms. The number of alkyl halides is 3. The number of pyridine rings is 1. The summed E-state index contributed by atoms with van der Waals surface area (Å²) < 4.78 is 35.6. The van der Waals surface area contributed by atoms with Crippen molar-refractivity contribution in [1.29, 1.82) is 0 Å². The fourth-order valence-corrected chi connectivity index (χ4v) is 1.73. The Balaban J connectivity index is 2.63. The number of hydrogen-bond donors (Lipinski definition) is 2. The maximum Gasteiger partial charge on any atom is 0.441 e. The van der Waals surface area contributed by atoms with E-state index in [0.29, 0.717) is 5.56 Å². The number of carboxylic acids is 1. The van der Waals surface area contributed by atoms with E-state index in [0.717, 1.165) is 0 Å². The van der Waals surface area contributed by atoms with E-state index >= 15 is 0 Å². The third-order valence-electron chi connectivity index (χ3n) is 2.03. The summed E-state index contributed by atoms with van der Waals surface area (Å²) in [5.41, 5.74) is -3.80. The van der Waals surface area contributed by atoms with E-state index in [-0.39, 0.29) is 35.4 Å². The Hall–Kier alpha value is -1.44. The number of nitrogens with zero attached hydrogens (tertiary/aromatic N) is 1. The number of carbonyl (C=O) groups is 1. The second-order valence-corrected chi connectivity index (χ2v) is 4.54. The normalized spacial score (nSPS) is 11.3. The molecule has 0 fully saturated rings. The van der Waals surface area contributed by atoms with E-state index in [1.54, 1.807) is 6.92 Å². The number of aromatic carboxylic acids is 1. The highest BCUT2D eigenvalue weighted by Gasteiger charge is 2.27. The van der Waals surface area contributed by atoms with Crippen molar-refractivity contribution in [2.45, 2.75) is 12.4 Å². The molecule has 4 nitrogen and oxygen atoms in total. The summed E-state index contributed by atoms with van der Waals surface area (Å²) in [6.07, 6.45) is 1.40. The van der Waals surface area contributed by atoms with Crippen LogP contribution in [0.15, 0.2) is 12.3 Å². The molecule has 0 bridgehead atoms. The van der Waals surface area contributed by atoms with Gasteiger partial charge in [0.25, 0.3) is 0 Å². The maximum atomic E-state index is 11.9. The number of thioether (sulfide) groups is 1. The molecule has 1 aromatic rings. The molecule has 0 unspecified atom stereocenters. The van der Waals surface area contributed by atoms with Crippen LogP contribution in [0.2, 0.25) is 0 Å². The van der Waals surface area contributed by atoms with Crippen LogP contribution in [0.5, 0.6) is 0 Å². The molecule has 1 heterocycles. The van der Waals surface area contributed by atoms with Gasteiger partial charge in [-0.05, 0) is 30.3 Å². The topological polar surface area (TPSA) is 62.2 Å². The van der Waals surface area contributed by atoms with Gasteiger partial charge in [-0.15, -0.1) is 0 Å². The molecule has 0 atom stereocenters. The number of halogens is 3. The van der Waals surface area contributed by atoms with Gasteiger partial charge in [-0.25, -0.2) is 9.78 Å². The molecular formula is C10H11F3N2O2S. The summed E-state index contributed by atoms with van der Waals surface area (Å²) >= 11 is -0.166. The lowest BCUT2D eigenvalue weighted by Gasteiger charge is -2.10. The van der Waals surface area contributed by atoms with Gasteiger partial charge in [0.05, 0.1) is 0 Å². The van der Waals surface area contributed by atoms with Gasteiger partial charge < -0.3 is 10.4 Å². The summed E-state index contributed by atoms with van der Waals surface area (Å²) in [4.78, 5) is 14.8.